The molecule has 0 saturated carbocycles. The second-order valence-electron chi connectivity index (χ2n) is 31.2. The van der Waals surface area contributed by atoms with Crippen molar-refractivity contribution in [3.05, 3.63) is 57.2 Å². The fraction of sp³-hybridized carbons (Fsp3) is 0.614. The van der Waals surface area contributed by atoms with E-state index in [1.54, 1.807) is 39.0 Å². The van der Waals surface area contributed by atoms with Gasteiger partial charge in [0.05, 0.1) is 72.7 Å². The van der Waals surface area contributed by atoms with E-state index in [0.717, 1.165) is 0 Å². The minimum atomic E-state index is -3.37. The second-order valence-corrected chi connectivity index (χ2v) is 80.0. The molecule has 67 heavy (non-hydrogen) atoms. The SMILES string of the molecule is CC1=C(C)C([Si](c2c([Si](C)(C)C)cc(C)c([Si](C)(C)C)c2[Si](C)(C)C)(c2c([Si](C)(C)C)cc(C)c([Si](C)(C)C)c2[Si](C)(C)C)c2c([Si](C)(C)C)cc(C)c([Si](C)(C)C)c2[Si](C)(C)C)C(C)=C1C. The van der Waals surface area contributed by atoms with E-state index >= 15 is 0 Å². The molecule has 0 radical (unpaired) electrons. The summed E-state index contributed by atoms with van der Waals surface area (Å²) >= 11 is 0. The highest BCUT2D eigenvalue weighted by molar-refractivity contribution is 7.27. The molecule has 0 aliphatic heterocycles. The van der Waals surface area contributed by atoms with E-state index in [0.29, 0.717) is 5.54 Å². The van der Waals surface area contributed by atoms with E-state index < -0.39 is 80.7 Å². The molecule has 0 unspecified atom stereocenters. The number of hydrogen-bond donors (Lipinski definition) is 0. The maximum atomic E-state index is 2.92. The lowest BCUT2D eigenvalue weighted by molar-refractivity contribution is 1.09. The molecule has 0 nitrogen and oxygen atoms in total. The molecule has 3 aromatic carbocycles. The van der Waals surface area contributed by atoms with Crippen LogP contribution < -0.4 is 62.2 Å². The minimum absolute atomic E-state index is 0.347. The summed E-state index contributed by atoms with van der Waals surface area (Å²) in [6.07, 6.45) is 0. The number of aryl methyl sites for hydroxylation is 3. The normalized spacial score (nSPS) is 16.0. The van der Waals surface area contributed by atoms with Gasteiger partial charge in [0, 0.05) is 5.54 Å². The third kappa shape index (κ3) is 10.6. The van der Waals surface area contributed by atoms with Crippen LogP contribution in [0.1, 0.15) is 44.4 Å². The van der Waals surface area contributed by atoms with Gasteiger partial charge >= 0.3 is 0 Å². The molecule has 10 heteroatoms. The molecule has 0 N–H and O–H groups in total. The predicted molar refractivity (Wildman–Crippen MR) is 346 cm³/mol. The van der Waals surface area contributed by atoms with Gasteiger partial charge < -0.3 is 0 Å². The average Bonchev–Trinajstić information content (AvgIpc) is 3.26. The Kier molecular flexibility index (Phi) is 15.9. The Labute approximate surface area is 427 Å². The highest BCUT2D eigenvalue weighted by Gasteiger charge is 2.61. The van der Waals surface area contributed by atoms with E-state index in [-0.39, 0.29) is 0 Å². The average molecular weight is 1070 g/mol. The van der Waals surface area contributed by atoms with E-state index in [1.165, 1.54) is 0 Å². The summed E-state index contributed by atoms with van der Waals surface area (Å²) in [4.78, 5) is 0. The lowest BCUT2D eigenvalue weighted by Crippen LogP contribution is -2.93. The van der Waals surface area contributed by atoms with Gasteiger partial charge in [0.15, 0.2) is 8.07 Å². The smallest absolute Gasteiger partial charge is 0.0656 e. The Morgan fingerprint density at radius 2 is 0.418 bits per heavy atom. The van der Waals surface area contributed by atoms with Crippen molar-refractivity contribution in [3.8, 4) is 0 Å². The number of hydrogen-bond acceptors (Lipinski definition) is 0. The molecule has 0 atom stereocenters. The van der Waals surface area contributed by atoms with Crippen LogP contribution in [0.15, 0.2) is 40.5 Å². The molecule has 0 saturated heterocycles. The topological polar surface area (TPSA) is 0 Å². The highest BCUT2D eigenvalue weighted by atomic mass is 28.4. The van der Waals surface area contributed by atoms with Crippen molar-refractivity contribution < 1.29 is 0 Å². The van der Waals surface area contributed by atoms with Crippen LogP contribution in [0, 0.1) is 20.8 Å². The van der Waals surface area contributed by atoms with Crippen LogP contribution in [0.4, 0.5) is 0 Å². The van der Waals surface area contributed by atoms with Crippen LogP contribution >= 0.6 is 0 Å². The molecule has 0 heterocycles. The first-order valence-corrected chi connectivity index (χ1v) is 59.9. The zero-order chi connectivity index (χ0) is 52.7. The van der Waals surface area contributed by atoms with Gasteiger partial charge in [0.1, 0.15) is 0 Å². The van der Waals surface area contributed by atoms with Crippen LogP contribution in [-0.4, -0.2) is 80.7 Å². The summed E-state index contributed by atoms with van der Waals surface area (Å²) in [6, 6.07) is 8.75. The summed E-state index contributed by atoms with van der Waals surface area (Å²) in [5.41, 5.74) is 11.8. The van der Waals surface area contributed by atoms with Crippen molar-refractivity contribution in [2.75, 3.05) is 0 Å². The summed E-state index contributed by atoms with van der Waals surface area (Å²) in [5, 5.41) is 22.7. The quantitative estimate of drug-likeness (QED) is 0.118. The molecule has 1 aliphatic rings. The summed E-state index contributed by atoms with van der Waals surface area (Å²) in [5.74, 6) is 0. The lowest BCUT2D eigenvalue weighted by Gasteiger charge is -2.54. The van der Waals surface area contributed by atoms with Gasteiger partial charge in [-0.25, -0.2) is 0 Å². The second kappa shape index (κ2) is 18.1. The fourth-order valence-electron chi connectivity index (χ4n) is 13.4. The molecular formula is C57H106Si10. The summed E-state index contributed by atoms with van der Waals surface area (Å²) in [7, 11) is -21.8. The van der Waals surface area contributed by atoms with E-state index in [1.807, 2.05) is 62.2 Å². The maximum Gasteiger partial charge on any atom is 0.158 e. The van der Waals surface area contributed by atoms with Crippen LogP contribution in [0.5, 0.6) is 0 Å². The first-order chi connectivity index (χ1) is 29.4. The van der Waals surface area contributed by atoms with Gasteiger partial charge in [0.2, 0.25) is 0 Å². The van der Waals surface area contributed by atoms with Crippen molar-refractivity contribution in [1.82, 2.24) is 0 Å². The molecule has 0 bridgehead atoms. The standard InChI is InChI=1S/C57H106Si10/c1-38-35-45(58(8,9)10)52(55(64(26,27)28)48(38)61(17,18)19)67(51-43(6)41(4)42(5)44(51)7,53-46(59(11,12)13)36-39(2)49(62(20,21)22)56(53)65(29,30)31)54-47(60(14,15)16)37-40(3)50(63(23,24)25)57(54)66(32,33)34/h35-37,51H,1-34H3. The van der Waals surface area contributed by atoms with Crippen LogP contribution in [0.25, 0.3) is 0 Å². The number of allylic oxidation sites excluding steroid dienone is 4. The Hall–Kier alpha value is -0.691. The molecule has 3 aromatic rings. The monoisotopic (exact) mass is 1070 g/mol. The van der Waals surface area contributed by atoms with Gasteiger partial charge in [-0.2, -0.15) is 0 Å². The van der Waals surface area contributed by atoms with Crippen LogP contribution in [-0.2, 0) is 0 Å². The van der Waals surface area contributed by atoms with Crippen molar-refractivity contribution >= 4 is 143 Å². The molecule has 0 aromatic heterocycles. The zero-order valence-electron chi connectivity index (χ0n) is 50.8. The zero-order valence-corrected chi connectivity index (χ0v) is 60.8. The Balaban J connectivity index is 3.14. The summed E-state index contributed by atoms with van der Waals surface area (Å²) in [6.45, 7) is 92.5. The molecular weight excluding hydrogens is 965 g/mol. The molecule has 4 rings (SSSR count). The lowest BCUT2D eigenvalue weighted by atomic mass is 10.1. The van der Waals surface area contributed by atoms with Gasteiger partial charge in [0.25, 0.3) is 0 Å². The highest BCUT2D eigenvalue weighted by Crippen LogP contribution is 2.47. The van der Waals surface area contributed by atoms with Crippen molar-refractivity contribution in [1.29, 1.82) is 0 Å². The predicted octanol–water partition coefficient (Wildman–Crippen LogP) is 11.0. The van der Waals surface area contributed by atoms with E-state index in [9.17, 15) is 0 Å². The van der Waals surface area contributed by atoms with E-state index in [2.05, 4.69) is 243 Å². The van der Waals surface area contributed by atoms with Crippen LogP contribution in [0.3, 0.4) is 0 Å². The number of benzene rings is 3. The van der Waals surface area contributed by atoms with Crippen molar-refractivity contribution in [3.63, 3.8) is 0 Å². The van der Waals surface area contributed by atoms with Gasteiger partial charge in [-0.1, -0.05) is 285 Å². The van der Waals surface area contributed by atoms with Gasteiger partial charge in [-0.05, 0) is 59.6 Å². The molecule has 0 spiro atoms. The molecule has 0 amide bonds. The largest absolute Gasteiger partial charge is 0.158 e. The maximum absolute atomic E-state index is 3.37. The third-order valence-corrected chi connectivity index (χ3v) is 42.1. The Bertz CT molecular complexity index is 2260. The first kappa shape index (κ1) is 58.9. The number of rotatable bonds is 13. The fourth-order valence-corrected chi connectivity index (χ4v) is 54.1. The van der Waals surface area contributed by atoms with Gasteiger partial charge in [-0.15, -0.1) is 0 Å². The van der Waals surface area contributed by atoms with Crippen molar-refractivity contribution in [2.45, 2.75) is 231 Å². The van der Waals surface area contributed by atoms with Gasteiger partial charge in [-0.3, -0.25) is 0 Å². The van der Waals surface area contributed by atoms with Crippen LogP contribution in [0.2, 0.25) is 182 Å². The summed E-state index contributed by atoms with van der Waals surface area (Å²) < 4.78 is 0. The molecule has 0 fully saturated rings. The third-order valence-electron chi connectivity index (χ3n) is 15.7. The Morgan fingerprint density at radius 3 is 0.567 bits per heavy atom. The first-order valence-electron chi connectivity index (χ1n) is 26.3. The Morgan fingerprint density at radius 1 is 0.239 bits per heavy atom. The molecule has 374 valence electrons. The molecule has 1 aliphatic carbocycles. The minimum Gasteiger partial charge on any atom is -0.0656 e. The van der Waals surface area contributed by atoms with E-state index in [4.69, 9.17) is 0 Å². The van der Waals surface area contributed by atoms with Crippen molar-refractivity contribution in [2.24, 2.45) is 0 Å².